The van der Waals surface area contributed by atoms with Crippen molar-refractivity contribution in [2.45, 2.75) is 45.1 Å². The summed E-state index contributed by atoms with van der Waals surface area (Å²) in [6.45, 7) is 3.47. The standard InChI is InChI=1S/C21H27N3O7/c1-15(19(26)22-16-4-6-17(7-5-16)24(28)29)31-20(27)21(8-2-3-9-21)14-18(25)23-10-12-30-13-11-23/h4-7,15H,2-3,8-14H2,1H3,(H,22,26). The highest BCUT2D eigenvalue weighted by atomic mass is 16.6. The number of esters is 1. The Morgan fingerprint density at radius 1 is 1.19 bits per heavy atom. The number of rotatable bonds is 7. The predicted octanol–water partition coefficient (Wildman–Crippen LogP) is 2.27. The summed E-state index contributed by atoms with van der Waals surface area (Å²) < 4.78 is 10.7. The van der Waals surface area contributed by atoms with Crippen molar-refractivity contribution in [1.82, 2.24) is 4.90 Å². The summed E-state index contributed by atoms with van der Waals surface area (Å²) >= 11 is 0. The molecule has 1 saturated heterocycles. The Balaban J connectivity index is 1.59. The van der Waals surface area contributed by atoms with E-state index in [2.05, 4.69) is 5.32 Å². The molecule has 31 heavy (non-hydrogen) atoms. The lowest BCUT2D eigenvalue weighted by atomic mass is 9.82. The van der Waals surface area contributed by atoms with Gasteiger partial charge in [-0.3, -0.25) is 24.5 Å². The highest BCUT2D eigenvalue weighted by Gasteiger charge is 2.46. The maximum absolute atomic E-state index is 13.0. The number of anilines is 1. The summed E-state index contributed by atoms with van der Waals surface area (Å²) in [6.07, 6.45) is 1.77. The van der Waals surface area contributed by atoms with Crippen molar-refractivity contribution in [3.8, 4) is 0 Å². The lowest BCUT2D eigenvalue weighted by Crippen LogP contribution is -2.45. The highest BCUT2D eigenvalue weighted by Crippen LogP contribution is 2.43. The molecule has 1 heterocycles. The molecule has 10 nitrogen and oxygen atoms in total. The van der Waals surface area contributed by atoms with Gasteiger partial charge in [-0.25, -0.2) is 0 Å². The monoisotopic (exact) mass is 433 g/mol. The van der Waals surface area contributed by atoms with Gasteiger partial charge in [-0.2, -0.15) is 0 Å². The number of nitrogens with zero attached hydrogens (tertiary/aromatic N) is 2. The number of ether oxygens (including phenoxy) is 2. The molecular formula is C21H27N3O7. The van der Waals surface area contributed by atoms with Crippen molar-refractivity contribution in [1.29, 1.82) is 0 Å². The van der Waals surface area contributed by atoms with Crippen LogP contribution < -0.4 is 5.32 Å². The van der Waals surface area contributed by atoms with Gasteiger partial charge in [0.25, 0.3) is 11.6 Å². The van der Waals surface area contributed by atoms with Gasteiger partial charge in [-0.15, -0.1) is 0 Å². The van der Waals surface area contributed by atoms with Crippen LogP contribution in [-0.2, 0) is 23.9 Å². The second kappa shape index (κ2) is 9.86. The van der Waals surface area contributed by atoms with Crippen LogP contribution in [0.25, 0.3) is 0 Å². The molecule has 10 heteroatoms. The molecule has 0 bridgehead atoms. The summed E-state index contributed by atoms with van der Waals surface area (Å²) in [5, 5.41) is 13.3. The van der Waals surface area contributed by atoms with E-state index < -0.39 is 28.3 Å². The van der Waals surface area contributed by atoms with E-state index in [1.54, 1.807) is 4.90 Å². The Hall–Kier alpha value is -3.01. The molecule has 2 amide bonds. The first-order valence-electron chi connectivity index (χ1n) is 10.4. The summed E-state index contributed by atoms with van der Waals surface area (Å²) in [4.78, 5) is 50.1. The fourth-order valence-electron chi connectivity index (χ4n) is 3.97. The Morgan fingerprint density at radius 3 is 2.39 bits per heavy atom. The first kappa shape index (κ1) is 22.7. The van der Waals surface area contributed by atoms with Gasteiger partial charge >= 0.3 is 5.97 Å². The quantitative estimate of drug-likeness (QED) is 0.397. The highest BCUT2D eigenvalue weighted by molar-refractivity contribution is 5.96. The lowest BCUT2D eigenvalue weighted by molar-refractivity contribution is -0.384. The molecule has 1 unspecified atom stereocenters. The molecule has 1 aromatic rings. The lowest BCUT2D eigenvalue weighted by Gasteiger charge is -2.32. The summed E-state index contributed by atoms with van der Waals surface area (Å²) in [5.41, 5.74) is -0.640. The number of amides is 2. The number of hydrogen-bond donors (Lipinski definition) is 1. The first-order chi connectivity index (χ1) is 14.8. The van der Waals surface area contributed by atoms with Crippen LogP contribution in [0.5, 0.6) is 0 Å². The van der Waals surface area contributed by atoms with Crippen molar-refractivity contribution in [3.63, 3.8) is 0 Å². The Morgan fingerprint density at radius 2 is 1.81 bits per heavy atom. The number of morpholine rings is 1. The van der Waals surface area contributed by atoms with E-state index in [9.17, 15) is 24.5 Å². The van der Waals surface area contributed by atoms with Gasteiger partial charge in [0.2, 0.25) is 5.91 Å². The molecule has 2 aliphatic rings. The Bertz CT molecular complexity index is 828. The van der Waals surface area contributed by atoms with E-state index in [4.69, 9.17) is 9.47 Å². The third-order valence-electron chi connectivity index (χ3n) is 5.85. The molecule has 3 rings (SSSR count). The maximum atomic E-state index is 13.0. The Kier molecular flexibility index (Phi) is 7.21. The van der Waals surface area contributed by atoms with Crippen LogP contribution in [0.2, 0.25) is 0 Å². The van der Waals surface area contributed by atoms with Crippen LogP contribution in [0, 0.1) is 15.5 Å². The van der Waals surface area contributed by atoms with Crippen molar-refractivity contribution in [2.75, 3.05) is 31.6 Å². The number of hydrogen-bond acceptors (Lipinski definition) is 7. The largest absolute Gasteiger partial charge is 0.452 e. The summed E-state index contributed by atoms with van der Waals surface area (Å²) in [7, 11) is 0. The minimum atomic E-state index is -1.07. The van der Waals surface area contributed by atoms with Gasteiger partial charge in [-0.05, 0) is 31.9 Å². The molecular weight excluding hydrogens is 406 g/mol. The fraction of sp³-hybridized carbons (Fsp3) is 0.571. The number of nitrogens with one attached hydrogen (secondary N) is 1. The van der Waals surface area contributed by atoms with Crippen LogP contribution in [0.4, 0.5) is 11.4 Å². The molecule has 1 atom stereocenters. The van der Waals surface area contributed by atoms with Crippen molar-refractivity contribution in [3.05, 3.63) is 34.4 Å². The normalized spacial score (nSPS) is 18.8. The van der Waals surface area contributed by atoms with Crippen molar-refractivity contribution in [2.24, 2.45) is 5.41 Å². The zero-order valence-electron chi connectivity index (χ0n) is 17.5. The average molecular weight is 433 g/mol. The van der Waals surface area contributed by atoms with Gasteiger partial charge < -0.3 is 19.7 Å². The van der Waals surface area contributed by atoms with Gasteiger partial charge in [0, 0.05) is 37.3 Å². The van der Waals surface area contributed by atoms with Crippen molar-refractivity contribution < 1.29 is 28.8 Å². The second-order valence-electron chi connectivity index (χ2n) is 8.00. The minimum Gasteiger partial charge on any atom is -0.452 e. The van der Waals surface area contributed by atoms with Crippen LogP contribution in [0.1, 0.15) is 39.0 Å². The number of non-ortho nitro benzene ring substituents is 1. The number of benzene rings is 1. The Labute approximate surface area is 180 Å². The SMILES string of the molecule is CC(OC(=O)C1(CC(=O)N2CCOCC2)CCCC1)C(=O)Nc1ccc([N+](=O)[O-])cc1. The zero-order valence-corrected chi connectivity index (χ0v) is 17.5. The van der Waals surface area contributed by atoms with E-state index in [0.29, 0.717) is 44.8 Å². The van der Waals surface area contributed by atoms with Crippen LogP contribution in [0.15, 0.2) is 24.3 Å². The molecule has 0 spiro atoms. The van der Waals surface area contributed by atoms with Gasteiger partial charge in [0.05, 0.1) is 23.6 Å². The van der Waals surface area contributed by atoms with Gasteiger partial charge in [0.15, 0.2) is 6.10 Å². The number of nitro groups is 1. The smallest absolute Gasteiger partial charge is 0.313 e. The average Bonchev–Trinajstić information content (AvgIpc) is 3.24. The fourth-order valence-corrected chi connectivity index (χ4v) is 3.97. The second-order valence-corrected chi connectivity index (χ2v) is 8.00. The van der Waals surface area contributed by atoms with Gasteiger partial charge in [0.1, 0.15) is 0 Å². The maximum Gasteiger partial charge on any atom is 0.313 e. The van der Waals surface area contributed by atoms with Gasteiger partial charge in [-0.1, -0.05) is 12.8 Å². The molecule has 1 aliphatic carbocycles. The molecule has 1 saturated carbocycles. The third-order valence-corrected chi connectivity index (χ3v) is 5.85. The minimum absolute atomic E-state index is 0.0719. The number of nitro benzene ring substituents is 1. The zero-order chi connectivity index (χ0) is 22.4. The van der Waals surface area contributed by atoms with E-state index in [1.807, 2.05) is 0 Å². The summed E-state index contributed by atoms with van der Waals surface area (Å²) in [5.74, 6) is -1.17. The summed E-state index contributed by atoms with van der Waals surface area (Å²) in [6, 6.07) is 5.36. The predicted molar refractivity (Wildman–Crippen MR) is 110 cm³/mol. The first-order valence-corrected chi connectivity index (χ1v) is 10.4. The number of carbonyl (C=O) groups is 3. The topological polar surface area (TPSA) is 128 Å². The van der Waals surface area contributed by atoms with Crippen LogP contribution in [-0.4, -0.2) is 60.0 Å². The number of carbonyl (C=O) groups excluding carboxylic acids is 3. The molecule has 1 aromatic carbocycles. The molecule has 168 valence electrons. The van der Waals surface area contributed by atoms with E-state index in [1.165, 1.54) is 31.2 Å². The molecule has 1 N–H and O–H groups in total. The molecule has 1 aliphatic heterocycles. The van der Waals surface area contributed by atoms with Crippen LogP contribution >= 0.6 is 0 Å². The van der Waals surface area contributed by atoms with E-state index in [-0.39, 0.29) is 18.0 Å². The van der Waals surface area contributed by atoms with Crippen LogP contribution in [0.3, 0.4) is 0 Å². The molecule has 0 radical (unpaired) electrons. The third kappa shape index (κ3) is 5.57. The van der Waals surface area contributed by atoms with E-state index in [0.717, 1.165) is 12.8 Å². The molecule has 0 aromatic heterocycles. The molecule has 2 fully saturated rings. The van der Waals surface area contributed by atoms with Crippen molar-refractivity contribution >= 4 is 29.2 Å². The van der Waals surface area contributed by atoms with E-state index >= 15 is 0 Å².